The van der Waals surface area contributed by atoms with Crippen molar-refractivity contribution < 1.29 is 46.5 Å². The van der Waals surface area contributed by atoms with Crippen LogP contribution < -0.4 is 19.1 Å². The van der Waals surface area contributed by atoms with Gasteiger partial charge in [0.1, 0.15) is 48.7 Å². The third-order valence-electron chi connectivity index (χ3n) is 14.5. The minimum atomic E-state index is -2.80. The van der Waals surface area contributed by atoms with Gasteiger partial charge >= 0.3 is 12.1 Å². The highest BCUT2D eigenvalue weighted by molar-refractivity contribution is 6.90. The molecule has 4 aromatic rings. The first-order chi connectivity index (χ1) is 32.6. The topological polar surface area (TPSA) is 132 Å². The zero-order valence-electron chi connectivity index (χ0n) is 42.1. The molecule has 4 saturated heterocycles. The third kappa shape index (κ3) is 7.95. The van der Waals surface area contributed by atoms with Gasteiger partial charge in [-0.3, -0.25) is 9.80 Å². The number of carboxylic acid groups (broad SMARTS) is 1. The summed E-state index contributed by atoms with van der Waals surface area (Å²) < 4.78 is 87.3. The number of rotatable bonds is 14. The van der Waals surface area contributed by atoms with E-state index in [1.165, 1.54) is 25.2 Å². The zero-order chi connectivity index (χ0) is 50.0. The largest absolute Gasteiger partial charge is 0.480 e. The van der Waals surface area contributed by atoms with Gasteiger partial charge in [-0.1, -0.05) is 77.8 Å². The highest BCUT2D eigenvalue weighted by Gasteiger charge is 2.55. The minimum absolute atomic E-state index is 0.0633. The molecule has 6 heterocycles. The standard InChI is InChI=1S/C50H62F2N6O7Si/c1-29(2)66(30(3)4,31(5)6)17-15-37-39(51)13-12-34-18-36(65-28-62-10)19-38(40(34)37)43-42(52)44-41(46(53-43)63-11)45(56-24-35-14-16-49(25-56,26-61-9)58(35)48(59)60)55-47(54-44)64-27-50-20-32(7)22-57(50)23-33(8)21-50/h12-13,18-19,29-31,35H,7-8,14,16,20-28H2,1-6,9-11H3,(H,59,60)/t35-,49+/m1/s1/i9D3. The van der Waals surface area contributed by atoms with Gasteiger partial charge in [-0.25, -0.2) is 18.6 Å². The molecule has 2 atom stereocenters. The molecule has 352 valence electrons. The molecule has 2 bridgehead atoms. The fourth-order valence-corrected chi connectivity index (χ4v) is 17.0. The van der Waals surface area contributed by atoms with E-state index in [9.17, 15) is 9.90 Å². The normalized spacial score (nSPS) is 21.4. The number of carbonyl (C=O) groups is 1. The second kappa shape index (κ2) is 18.0. The van der Waals surface area contributed by atoms with Crippen LogP contribution in [0.25, 0.3) is 32.9 Å². The fraction of sp³-hybridized carbons (Fsp3) is 0.520. The number of hydrogen-bond acceptors (Lipinski definition) is 11. The second-order valence-electron chi connectivity index (χ2n) is 19.5. The lowest BCUT2D eigenvalue weighted by Gasteiger charge is -2.47. The quantitative estimate of drug-likeness (QED) is 0.0560. The molecule has 4 aliphatic heterocycles. The molecule has 8 rings (SSSR count). The molecule has 2 aromatic carbocycles. The van der Waals surface area contributed by atoms with Crippen molar-refractivity contribution >= 4 is 41.7 Å². The van der Waals surface area contributed by atoms with E-state index in [2.05, 4.69) is 71.1 Å². The monoisotopic (exact) mass is 927 g/mol. The minimum Gasteiger partial charge on any atom is -0.480 e. The van der Waals surface area contributed by atoms with E-state index in [4.69, 9.17) is 42.7 Å². The van der Waals surface area contributed by atoms with Crippen LogP contribution in [0.3, 0.4) is 0 Å². The van der Waals surface area contributed by atoms with Crippen LogP contribution in [0.4, 0.5) is 19.4 Å². The Morgan fingerprint density at radius 1 is 0.970 bits per heavy atom. The Bertz CT molecular complexity index is 2740. The predicted octanol–water partition coefficient (Wildman–Crippen LogP) is 9.37. The number of pyridine rings is 1. The van der Waals surface area contributed by atoms with Crippen molar-refractivity contribution in [3.63, 3.8) is 0 Å². The van der Waals surface area contributed by atoms with Crippen molar-refractivity contribution in [3.05, 3.63) is 65.8 Å². The molecule has 0 spiro atoms. The summed E-state index contributed by atoms with van der Waals surface area (Å²) in [5, 5.41) is 11.4. The summed E-state index contributed by atoms with van der Waals surface area (Å²) in [6.07, 6.45) is 0.797. The van der Waals surface area contributed by atoms with Crippen LogP contribution in [0.5, 0.6) is 17.6 Å². The number of aromatic nitrogens is 3. The molecule has 16 heteroatoms. The van der Waals surface area contributed by atoms with E-state index in [-0.39, 0.29) is 88.5 Å². The molecule has 66 heavy (non-hydrogen) atoms. The number of ether oxygens (including phenoxy) is 5. The number of halogens is 2. The average molecular weight is 928 g/mol. The summed E-state index contributed by atoms with van der Waals surface area (Å²) >= 11 is 0. The van der Waals surface area contributed by atoms with Gasteiger partial charge in [0, 0.05) is 51.3 Å². The number of methoxy groups -OCH3 is 3. The summed E-state index contributed by atoms with van der Waals surface area (Å²) in [5.74, 6) is 2.17. The summed E-state index contributed by atoms with van der Waals surface area (Å²) in [6.45, 7) is 22.5. The maximum Gasteiger partial charge on any atom is 0.408 e. The Morgan fingerprint density at radius 2 is 1.68 bits per heavy atom. The number of nitrogens with zero attached hydrogens (tertiary/aromatic N) is 6. The first-order valence-electron chi connectivity index (χ1n) is 24.1. The smallest absolute Gasteiger partial charge is 0.408 e. The van der Waals surface area contributed by atoms with Crippen molar-refractivity contribution in [3.8, 4) is 40.4 Å². The lowest BCUT2D eigenvalue weighted by Crippen LogP contribution is -2.65. The van der Waals surface area contributed by atoms with Crippen LogP contribution >= 0.6 is 0 Å². The van der Waals surface area contributed by atoms with E-state index in [1.54, 1.807) is 23.1 Å². The average Bonchev–Trinajstić information content (AvgIpc) is 3.84. The summed E-state index contributed by atoms with van der Waals surface area (Å²) in [7, 11) is -2.35. The molecule has 0 radical (unpaired) electrons. The van der Waals surface area contributed by atoms with Crippen LogP contribution in [-0.2, 0) is 9.47 Å². The SMILES string of the molecule is [2H]C([2H])([2H])OC[C@]12CC[C@H](CN(c3nc(OCC45CC(=C)CN4CC(=C)C5)nc4c(F)c(-c5cc(OCOC)cc6ccc(F)c(C#C[Si](C(C)C)(C(C)C)C(C)C)c56)nc(OC)c34)C1)N2C(=O)O. The van der Waals surface area contributed by atoms with E-state index in [1.807, 2.05) is 0 Å². The van der Waals surface area contributed by atoms with E-state index >= 15 is 8.78 Å². The van der Waals surface area contributed by atoms with Gasteiger partial charge in [0.15, 0.2) is 12.6 Å². The Morgan fingerprint density at radius 3 is 2.32 bits per heavy atom. The van der Waals surface area contributed by atoms with Crippen molar-refractivity contribution in [2.75, 3.05) is 72.3 Å². The first kappa shape index (κ1) is 43.2. The Hall–Kier alpha value is -5.34. The number of benzene rings is 2. The van der Waals surface area contributed by atoms with Crippen LogP contribution in [0, 0.1) is 23.1 Å². The molecule has 4 fully saturated rings. The Balaban J connectivity index is 1.37. The van der Waals surface area contributed by atoms with Gasteiger partial charge in [-0.15, -0.1) is 5.54 Å². The molecule has 4 aliphatic rings. The fourth-order valence-electron chi connectivity index (χ4n) is 11.8. The van der Waals surface area contributed by atoms with Gasteiger partial charge in [0.25, 0.3) is 0 Å². The van der Waals surface area contributed by atoms with Gasteiger partial charge in [0.05, 0.1) is 40.5 Å². The molecular weight excluding hydrogens is 863 g/mol. The molecule has 0 unspecified atom stereocenters. The van der Waals surface area contributed by atoms with Crippen LogP contribution in [0.15, 0.2) is 48.6 Å². The van der Waals surface area contributed by atoms with Crippen molar-refractivity contribution in [1.82, 2.24) is 24.8 Å². The number of hydrogen-bond donors (Lipinski definition) is 1. The van der Waals surface area contributed by atoms with Gasteiger partial charge in [0.2, 0.25) is 5.88 Å². The van der Waals surface area contributed by atoms with Crippen LogP contribution in [0.1, 0.15) is 76.9 Å². The molecule has 13 nitrogen and oxygen atoms in total. The van der Waals surface area contributed by atoms with Crippen molar-refractivity contribution in [2.24, 2.45) is 0 Å². The van der Waals surface area contributed by atoms with Crippen molar-refractivity contribution in [2.45, 2.75) is 101 Å². The number of anilines is 1. The maximum atomic E-state index is 18.3. The lowest BCUT2D eigenvalue weighted by molar-refractivity contribution is 0.0178. The zero-order valence-corrected chi connectivity index (χ0v) is 40.1. The Kier molecular flexibility index (Phi) is 11.8. The van der Waals surface area contributed by atoms with E-state index in [0.29, 0.717) is 55.3 Å². The molecule has 1 amide bonds. The second-order valence-corrected chi connectivity index (χ2v) is 25.1. The van der Waals surface area contributed by atoms with Crippen molar-refractivity contribution in [1.29, 1.82) is 0 Å². The van der Waals surface area contributed by atoms with E-state index < -0.39 is 56.6 Å². The van der Waals surface area contributed by atoms with Gasteiger partial charge in [-0.05, 0) is 65.9 Å². The number of fused-ring (bicyclic) bond motifs is 5. The molecular formula is C50H62F2N6O7Si. The molecule has 2 aromatic heterocycles. The third-order valence-corrected chi connectivity index (χ3v) is 20.8. The highest BCUT2D eigenvalue weighted by Crippen LogP contribution is 2.48. The predicted molar refractivity (Wildman–Crippen MR) is 254 cm³/mol. The first-order valence-corrected chi connectivity index (χ1v) is 24.8. The molecule has 1 N–H and O–H groups in total. The van der Waals surface area contributed by atoms with Gasteiger partial charge in [-0.2, -0.15) is 9.97 Å². The highest BCUT2D eigenvalue weighted by atomic mass is 28.3. The number of amides is 1. The van der Waals surface area contributed by atoms with E-state index in [0.717, 1.165) is 11.1 Å². The maximum absolute atomic E-state index is 18.3. The summed E-state index contributed by atoms with van der Waals surface area (Å²) in [4.78, 5) is 32.7. The van der Waals surface area contributed by atoms with Crippen LogP contribution in [0.2, 0.25) is 16.6 Å². The summed E-state index contributed by atoms with van der Waals surface area (Å²) in [5.41, 5.74) is 4.49. The van der Waals surface area contributed by atoms with Crippen LogP contribution in [-0.4, -0.2) is 129 Å². The Labute approximate surface area is 391 Å². The summed E-state index contributed by atoms with van der Waals surface area (Å²) in [6, 6.07) is 5.46. The number of piperazine rings is 1. The molecule has 0 saturated carbocycles. The van der Waals surface area contributed by atoms with Gasteiger partial charge < -0.3 is 33.7 Å². The lowest BCUT2D eigenvalue weighted by atomic mass is 9.92. The molecule has 0 aliphatic carbocycles.